The number of carbonyl (C=O) groups is 3. The van der Waals surface area contributed by atoms with E-state index in [0.29, 0.717) is 5.56 Å². The van der Waals surface area contributed by atoms with Crippen LogP contribution in [0.2, 0.25) is 0 Å². The van der Waals surface area contributed by atoms with Gasteiger partial charge < -0.3 is 15.2 Å². The number of aryl methyl sites for hydroxylation is 1. The highest BCUT2D eigenvalue weighted by molar-refractivity contribution is 5.96. The lowest BCUT2D eigenvalue weighted by molar-refractivity contribution is -0.142. The fourth-order valence-electron chi connectivity index (χ4n) is 1.57. The zero-order valence-corrected chi connectivity index (χ0v) is 11.4. The van der Waals surface area contributed by atoms with Gasteiger partial charge >= 0.3 is 11.9 Å². The fraction of sp³-hybridized carbons (Fsp3) is 0.357. The van der Waals surface area contributed by atoms with Crippen molar-refractivity contribution < 1.29 is 24.2 Å². The molecule has 0 aliphatic rings. The highest BCUT2D eigenvalue weighted by atomic mass is 16.5. The predicted molar refractivity (Wildman–Crippen MR) is 71.3 cm³/mol. The summed E-state index contributed by atoms with van der Waals surface area (Å²) in [6.45, 7) is 1.89. The summed E-state index contributed by atoms with van der Waals surface area (Å²) >= 11 is 0. The van der Waals surface area contributed by atoms with Crippen molar-refractivity contribution >= 4 is 17.8 Å². The van der Waals surface area contributed by atoms with Crippen LogP contribution in [0.3, 0.4) is 0 Å². The lowest BCUT2D eigenvalue weighted by atomic mass is 10.1. The first kappa shape index (κ1) is 15.7. The third-order valence-electron chi connectivity index (χ3n) is 2.78. The van der Waals surface area contributed by atoms with Crippen LogP contribution < -0.4 is 5.32 Å². The quantitative estimate of drug-likeness (QED) is 0.761. The summed E-state index contributed by atoms with van der Waals surface area (Å²) in [6.07, 6.45) is -0.0821. The number of hydrogen-bond acceptors (Lipinski definition) is 4. The maximum atomic E-state index is 11.9. The highest BCUT2D eigenvalue weighted by Gasteiger charge is 2.21. The van der Waals surface area contributed by atoms with Crippen molar-refractivity contribution in [2.45, 2.75) is 25.8 Å². The maximum Gasteiger partial charge on any atom is 0.326 e. The molecule has 1 rings (SSSR count). The number of carboxylic acid groups (broad SMARTS) is 1. The Bertz CT molecular complexity index is 495. The Hall–Kier alpha value is -2.37. The molecule has 0 fully saturated rings. The molecule has 108 valence electrons. The van der Waals surface area contributed by atoms with E-state index in [-0.39, 0.29) is 12.8 Å². The van der Waals surface area contributed by atoms with E-state index in [1.165, 1.54) is 7.11 Å². The van der Waals surface area contributed by atoms with Crippen molar-refractivity contribution in [1.29, 1.82) is 0 Å². The lowest BCUT2D eigenvalue weighted by Crippen LogP contribution is -2.41. The van der Waals surface area contributed by atoms with Gasteiger partial charge in [-0.2, -0.15) is 0 Å². The number of nitrogens with one attached hydrogen (secondary N) is 1. The Morgan fingerprint density at radius 3 is 2.35 bits per heavy atom. The predicted octanol–water partition coefficient (Wildman–Crippen LogP) is 1.13. The molecule has 1 amide bonds. The van der Waals surface area contributed by atoms with Gasteiger partial charge in [0.05, 0.1) is 7.11 Å². The Balaban J connectivity index is 2.65. The van der Waals surface area contributed by atoms with E-state index in [4.69, 9.17) is 5.11 Å². The van der Waals surface area contributed by atoms with Crippen molar-refractivity contribution in [3.8, 4) is 0 Å². The number of esters is 1. The minimum atomic E-state index is -1.19. The minimum Gasteiger partial charge on any atom is -0.480 e. The molecule has 2 N–H and O–H groups in total. The van der Waals surface area contributed by atoms with E-state index in [1.54, 1.807) is 24.3 Å². The molecule has 1 aromatic carbocycles. The zero-order chi connectivity index (χ0) is 15.1. The molecular formula is C14H17NO5. The first-order valence-corrected chi connectivity index (χ1v) is 6.11. The Morgan fingerprint density at radius 2 is 1.85 bits per heavy atom. The molecule has 0 radical (unpaired) electrons. The van der Waals surface area contributed by atoms with Crippen LogP contribution in [0.1, 0.15) is 28.8 Å². The smallest absolute Gasteiger partial charge is 0.326 e. The van der Waals surface area contributed by atoms with Crippen LogP contribution in [-0.2, 0) is 14.3 Å². The monoisotopic (exact) mass is 279 g/mol. The van der Waals surface area contributed by atoms with E-state index in [0.717, 1.165) is 5.56 Å². The number of hydrogen-bond donors (Lipinski definition) is 2. The molecule has 0 heterocycles. The Labute approximate surface area is 116 Å². The minimum absolute atomic E-state index is 0.0143. The number of methoxy groups -OCH3 is 1. The van der Waals surface area contributed by atoms with E-state index < -0.39 is 23.9 Å². The molecule has 0 bridgehead atoms. The van der Waals surface area contributed by atoms with Gasteiger partial charge in [0.25, 0.3) is 5.91 Å². The van der Waals surface area contributed by atoms with Gasteiger partial charge in [-0.15, -0.1) is 0 Å². The summed E-state index contributed by atoms with van der Waals surface area (Å²) in [5.74, 6) is -2.18. The standard InChI is InChI=1S/C14H17NO5/c1-9-3-5-10(6-4-9)13(17)15-11(14(18)19)7-8-12(16)20-2/h3-6,11H,7-8H2,1-2H3,(H,15,17)(H,18,19)/t11-/m0/s1. The van der Waals surface area contributed by atoms with Crippen molar-refractivity contribution in [2.75, 3.05) is 7.11 Å². The molecule has 0 spiro atoms. The second-order valence-electron chi connectivity index (χ2n) is 4.35. The van der Waals surface area contributed by atoms with Crippen molar-refractivity contribution in [3.05, 3.63) is 35.4 Å². The van der Waals surface area contributed by atoms with E-state index in [1.807, 2.05) is 6.92 Å². The van der Waals surface area contributed by atoms with Crippen LogP contribution in [0.4, 0.5) is 0 Å². The van der Waals surface area contributed by atoms with Gasteiger partial charge in [0.1, 0.15) is 6.04 Å². The number of carboxylic acids is 1. The van der Waals surface area contributed by atoms with Gasteiger partial charge in [-0.25, -0.2) is 4.79 Å². The molecule has 0 aliphatic carbocycles. The second-order valence-corrected chi connectivity index (χ2v) is 4.35. The van der Waals surface area contributed by atoms with Crippen molar-refractivity contribution in [3.63, 3.8) is 0 Å². The van der Waals surface area contributed by atoms with Crippen LogP contribution >= 0.6 is 0 Å². The molecular weight excluding hydrogens is 262 g/mol. The number of aliphatic carboxylic acids is 1. The van der Waals surface area contributed by atoms with Crippen LogP contribution in [0.25, 0.3) is 0 Å². The number of ether oxygens (including phenoxy) is 1. The Morgan fingerprint density at radius 1 is 1.25 bits per heavy atom. The number of carbonyl (C=O) groups excluding carboxylic acids is 2. The van der Waals surface area contributed by atoms with E-state index >= 15 is 0 Å². The summed E-state index contributed by atoms with van der Waals surface area (Å²) in [5.41, 5.74) is 1.38. The molecule has 6 nitrogen and oxygen atoms in total. The first-order chi connectivity index (χ1) is 9.43. The van der Waals surface area contributed by atoms with Gasteiger partial charge in [-0.05, 0) is 25.5 Å². The summed E-state index contributed by atoms with van der Waals surface area (Å²) in [6, 6.07) is 5.63. The van der Waals surface area contributed by atoms with Gasteiger partial charge in [0.2, 0.25) is 0 Å². The molecule has 20 heavy (non-hydrogen) atoms. The molecule has 0 saturated carbocycles. The van der Waals surface area contributed by atoms with Crippen molar-refractivity contribution in [2.24, 2.45) is 0 Å². The highest BCUT2D eigenvalue weighted by Crippen LogP contribution is 2.05. The largest absolute Gasteiger partial charge is 0.480 e. The maximum absolute atomic E-state index is 11.9. The second kappa shape index (κ2) is 7.28. The molecule has 0 unspecified atom stereocenters. The summed E-state index contributed by atoms with van der Waals surface area (Å²) in [7, 11) is 1.23. The zero-order valence-electron chi connectivity index (χ0n) is 11.4. The summed E-state index contributed by atoms with van der Waals surface area (Å²) in [4.78, 5) is 34.0. The third kappa shape index (κ3) is 4.72. The number of amides is 1. The third-order valence-corrected chi connectivity index (χ3v) is 2.78. The fourth-order valence-corrected chi connectivity index (χ4v) is 1.57. The SMILES string of the molecule is COC(=O)CC[C@H](NC(=O)c1ccc(C)cc1)C(=O)O. The molecule has 0 aromatic heterocycles. The van der Waals surface area contributed by atoms with Crippen LogP contribution in [0.15, 0.2) is 24.3 Å². The molecule has 0 saturated heterocycles. The molecule has 1 atom stereocenters. The normalized spacial score (nSPS) is 11.5. The summed E-state index contributed by atoms with van der Waals surface area (Å²) in [5, 5.41) is 11.4. The van der Waals surface area contributed by atoms with Crippen LogP contribution in [0, 0.1) is 6.92 Å². The van der Waals surface area contributed by atoms with Gasteiger partial charge in [-0.3, -0.25) is 9.59 Å². The average molecular weight is 279 g/mol. The summed E-state index contributed by atoms with van der Waals surface area (Å²) < 4.78 is 4.44. The van der Waals surface area contributed by atoms with Crippen LogP contribution in [0.5, 0.6) is 0 Å². The number of rotatable bonds is 6. The van der Waals surface area contributed by atoms with Gasteiger partial charge in [0.15, 0.2) is 0 Å². The van der Waals surface area contributed by atoms with Gasteiger partial charge in [0, 0.05) is 12.0 Å². The van der Waals surface area contributed by atoms with Crippen molar-refractivity contribution in [1.82, 2.24) is 5.32 Å². The van der Waals surface area contributed by atoms with Crippen LogP contribution in [-0.4, -0.2) is 36.1 Å². The number of benzene rings is 1. The molecule has 0 aliphatic heterocycles. The molecule has 1 aromatic rings. The topological polar surface area (TPSA) is 92.7 Å². The van der Waals surface area contributed by atoms with E-state index in [2.05, 4.69) is 10.1 Å². The first-order valence-electron chi connectivity index (χ1n) is 6.11. The molecule has 6 heteroatoms. The average Bonchev–Trinajstić information content (AvgIpc) is 2.43. The Kier molecular flexibility index (Phi) is 5.71. The van der Waals surface area contributed by atoms with E-state index in [9.17, 15) is 14.4 Å². The lowest BCUT2D eigenvalue weighted by Gasteiger charge is -2.14. The van der Waals surface area contributed by atoms with Gasteiger partial charge in [-0.1, -0.05) is 17.7 Å².